The van der Waals surface area contributed by atoms with Crippen LogP contribution in [-0.4, -0.2) is 18.9 Å². The second-order valence-corrected chi connectivity index (χ2v) is 15.1. The van der Waals surface area contributed by atoms with Crippen LogP contribution in [0.4, 0.5) is 0 Å². The van der Waals surface area contributed by atoms with Gasteiger partial charge in [0.1, 0.15) is 18.9 Å². The zero-order chi connectivity index (χ0) is 45.0. The first-order valence-electron chi connectivity index (χ1n) is 20.2. The van der Waals surface area contributed by atoms with Gasteiger partial charge in [-0.05, 0) is 124 Å². The Labute approximate surface area is 384 Å². The van der Waals surface area contributed by atoms with Crippen LogP contribution in [0.1, 0.15) is 140 Å². The Hall–Kier alpha value is -6.45. The SMILES string of the molecule is C.C.C.C/C=C/c1cc(C)cc(C)c1.C/C=C/c1ccc(C)cc1.C=Cc1cc(C)cc(C)c1.Cc1cc(C)cc(C=O)c1.Cc1cc(C)cc(C=O)c1.Cc1ccc(C=O)cc1. The van der Waals surface area contributed by atoms with Crippen molar-refractivity contribution in [2.45, 2.75) is 105 Å². The molecule has 3 heteroatoms. The third kappa shape index (κ3) is 27.9. The molecule has 0 bridgehead atoms. The van der Waals surface area contributed by atoms with Crippen LogP contribution in [0.2, 0.25) is 0 Å². The van der Waals surface area contributed by atoms with Crippen LogP contribution >= 0.6 is 0 Å². The molecule has 0 radical (unpaired) electrons. The normalized spacial score (nSPS) is 9.33. The molecule has 0 aliphatic rings. The highest BCUT2D eigenvalue weighted by molar-refractivity contribution is 5.76. The summed E-state index contributed by atoms with van der Waals surface area (Å²) in [6.45, 7) is 28.3. The van der Waals surface area contributed by atoms with Crippen LogP contribution in [0.3, 0.4) is 0 Å². The Morgan fingerprint density at radius 1 is 0.302 bits per heavy atom. The largest absolute Gasteiger partial charge is 0.298 e. The van der Waals surface area contributed by atoms with E-state index in [0.29, 0.717) is 0 Å². The van der Waals surface area contributed by atoms with Gasteiger partial charge in [-0.25, -0.2) is 0 Å². The number of aryl methyl sites for hydroxylation is 10. The summed E-state index contributed by atoms with van der Waals surface area (Å²) in [4.78, 5) is 30.7. The maximum Gasteiger partial charge on any atom is 0.150 e. The topological polar surface area (TPSA) is 51.2 Å². The first kappa shape index (κ1) is 60.9. The molecule has 0 aromatic heterocycles. The van der Waals surface area contributed by atoms with Gasteiger partial charge in [0.05, 0.1) is 0 Å². The van der Waals surface area contributed by atoms with E-state index in [9.17, 15) is 14.4 Å². The van der Waals surface area contributed by atoms with Crippen LogP contribution in [0, 0.1) is 69.2 Å². The Bertz CT molecular complexity index is 2070. The van der Waals surface area contributed by atoms with Gasteiger partial charge >= 0.3 is 0 Å². The lowest BCUT2D eigenvalue weighted by molar-refractivity contribution is 0.111. The molecule has 0 atom stereocenters. The highest BCUT2D eigenvalue weighted by atomic mass is 16.1. The molecule has 0 fully saturated rings. The molecule has 6 rings (SSSR count). The monoisotopic (exact) mass is 847 g/mol. The van der Waals surface area contributed by atoms with Gasteiger partial charge in [0, 0.05) is 16.7 Å². The number of hydrogen-bond donors (Lipinski definition) is 0. The quantitative estimate of drug-likeness (QED) is 0.157. The predicted octanol–water partition coefficient (Wildman–Crippen LogP) is 17.3. The van der Waals surface area contributed by atoms with E-state index in [0.717, 1.165) is 57.8 Å². The van der Waals surface area contributed by atoms with Crippen molar-refractivity contribution >= 4 is 37.1 Å². The molecule has 336 valence electrons. The summed E-state index contributed by atoms with van der Waals surface area (Å²) < 4.78 is 0. The van der Waals surface area contributed by atoms with Crippen molar-refractivity contribution in [3.8, 4) is 0 Å². The fourth-order valence-corrected chi connectivity index (χ4v) is 6.10. The average molecular weight is 847 g/mol. The molecule has 63 heavy (non-hydrogen) atoms. The first-order valence-corrected chi connectivity index (χ1v) is 20.2. The van der Waals surface area contributed by atoms with Crippen LogP contribution in [0.25, 0.3) is 18.2 Å². The zero-order valence-corrected chi connectivity index (χ0v) is 38.1. The summed E-state index contributed by atoms with van der Waals surface area (Å²) in [7, 11) is 0. The lowest BCUT2D eigenvalue weighted by Gasteiger charge is -1.98. The summed E-state index contributed by atoms with van der Waals surface area (Å²) in [6, 6.07) is 40.5. The predicted molar refractivity (Wildman–Crippen MR) is 282 cm³/mol. The lowest BCUT2D eigenvalue weighted by atomic mass is 10.1. The standard InChI is InChI=1S/C11H14.2C10H12.2C9H10O.C8H8O.3CH4/c1-4-5-11-7-9(2)6-10(3)8-11;1-4-10-6-8(2)5-9(3)7-10;1-3-4-10-7-5-9(2)6-8-10;2*1-7-3-8(2)5-9(4-7)6-10;1-7-2-4-8(6-9)5-3-7;;;/h4-8H,1-3H3;4-7H,1H2,2-3H3;3-8H,1-2H3;2*3-6H,1-2H3;2-6H,1H3;3*1H4/b5-4+;;4-3+;;;;;;. The molecule has 3 nitrogen and oxygen atoms in total. The minimum atomic E-state index is 0. The van der Waals surface area contributed by atoms with E-state index < -0.39 is 0 Å². The van der Waals surface area contributed by atoms with Crippen molar-refractivity contribution in [3.63, 3.8) is 0 Å². The number of allylic oxidation sites excluding steroid dienone is 2. The molecule has 0 aliphatic carbocycles. The molecule has 0 spiro atoms. The van der Waals surface area contributed by atoms with Crippen molar-refractivity contribution in [1.82, 2.24) is 0 Å². The third-order valence-corrected chi connectivity index (χ3v) is 8.49. The fraction of sp³-hybridized carbons (Fsp3) is 0.250. The van der Waals surface area contributed by atoms with Crippen LogP contribution in [0.15, 0.2) is 140 Å². The minimum Gasteiger partial charge on any atom is -0.298 e. The van der Waals surface area contributed by atoms with Crippen molar-refractivity contribution in [2.24, 2.45) is 0 Å². The van der Waals surface area contributed by atoms with Crippen LogP contribution < -0.4 is 0 Å². The smallest absolute Gasteiger partial charge is 0.150 e. The second-order valence-electron chi connectivity index (χ2n) is 15.1. The molecule has 6 aromatic rings. The van der Waals surface area contributed by atoms with Crippen LogP contribution in [-0.2, 0) is 0 Å². The summed E-state index contributed by atoms with van der Waals surface area (Å²) in [5.74, 6) is 0. The van der Waals surface area contributed by atoms with Gasteiger partial charge in [-0.3, -0.25) is 14.4 Å². The van der Waals surface area contributed by atoms with E-state index in [1.807, 2.05) is 121 Å². The lowest BCUT2D eigenvalue weighted by Crippen LogP contribution is -1.83. The van der Waals surface area contributed by atoms with Gasteiger partial charge in [0.25, 0.3) is 0 Å². The second kappa shape index (κ2) is 34.2. The number of carbonyl (C=O) groups is 3. The molecule has 0 saturated heterocycles. The molecule has 0 aliphatic heterocycles. The van der Waals surface area contributed by atoms with Crippen molar-refractivity contribution in [1.29, 1.82) is 0 Å². The van der Waals surface area contributed by atoms with Crippen molar-refractivity contribution in [3.05, 3.63) is 229 Å². The summed E-state index contributed by atoms with van der Waals surface area (Å²) >= 11 is 0. The molecular formula is C60H78O3. The highest BCUT2D eigenvalue weighted by Crippen LogP contribution is 2.11. The molecule has 6 aromatic carbocycles. The van der Waals surface area contributed by atoms with Gasteiger partial charge in [-0.2, -0.15) is 0 Å². The number of benzene rings is 6. The van der Waals surface area contributed by atoms with Gasteiger partial charge in [0.15, 0.2) is 0 Å². The average Bonchev–Trinajstić information content (AvgIpc) is 3.19. The molecule has 0 heterocycles. The summed E-state index contributed by atoms with van der Waals surface area (Å²) in [5, 5.41) is 0. The van der Waals surface area contributed by atoms with Gasteiger partial charge in [0.2, 0.25) is 0 Å². The number of carbonyl (C=O) groups excluding carboxylic acids is 3. The van der Waals surface area contributed by atoms with E-state index in [2.05, 4.69) is 120 Å². The Morgan fingerprint density at radius 2 is 0.540 bits per heavy atom. The fourth-order valence-electron chi connectivity index (χ4n) is 6.10. The van der Waals surface area contributed by atoms with Gasteiger partial charge in [-0.15, -0.1) is 0 Å². The van der Waals surface area contributed by atoms with Gasteiger partial charge in [-0.1, -0.05) is 212 Å². The molecule has 0 amide bonds. The van der Waals surface area contributed by atoms with Crippen molar-refractivity contribution < 1.29 is 14.4 Å². The Morgan fingerprint density at radius 3 is 0.794 bits per heavy atom. The Kier molecular flexibility index (Phi) is 33.0. The highest BCUT2D eigenvalue weighted by Gasteiger charge is 1.94. The van der Waals surface area contributed by atoms with Gasteiger partial charge < -0.3 is 0 Å². The number of rotatable bonds is 6. The van der Waals surface area contributed by atoms with E-state index in [1.165, 1.54) is 50.1 Å². The zero-order valence-electron chi connectivity index (χ0n) is 38.1. The third-order valence-electron chi connectivity index (χ3n) is 8.49. The van der Waals surface area contributed by atoms with Crippen molar-refractivity contribution in [2.75, 3.05) is 0 Å². The first-order chi connectivity index (χ1) is 28.5. The maximum atomic E-state index is 10.3. The maximum absolute atomic E-state index is 10.3. The van der Waals surface area contributed by atoms with Crippen LogP contribution in [0.5, 0.6) is 0 Å². The summed E-state index contributed by atoms with van der Waals surface area (Å²) in [6.07, 6.45) is 12.8. The van der Waals surface area contributed by atoms with E-state index >= 15 is 0 Å². The molecule has 0 N–H and O–H groups in total. The van der Waals surface area contributed by atoms with E-state index in [4.69, 9.17) is 0 Å². The van der Waals surface area contributed by atoms with E-state index in [-0.39, 0.29) is 22.3 Å². The summed E-state index contributed by atoms with van der Waals surface area (Å²) in [5.41, 5.74) is 18.4. The molecule has 0 unspecified atom stereocenters. The molecule has 0 saturated carbocycles. The minimum absolute atomic E-state index is 0. The number of hydrogen-bond acceptors (Lipinski definition) is 3. The number of aldehydes is 3. The van der Waals surface area contributed by atoms with E-state index in [1.54, 1.807) is 0 Å². The molecular weight excluding hydrogens is 769 g/mol. The Balaban J connectivity index is -0.000000680.